The highest BCUT2D eigenvalue weighted by atomic mass is 19.4. The molecule has 3 fully saturated rings. The van der Waals surface area contributed by atoms with Crippen molar-refractivity contribution < 1.29 is 28.2 Å². The van der Waals surface area contributed by atoms with E-state index in [9.17, 15) is 28.2 Å². The Kier molecular flexibility index (Phi) is 8.84. The third-order valence-electron chi connectivity index (χ3n) is 8.86. The van der Waals surface area contributed by atoms with Crippen molar-refractivity contribution in [2.75, 3.05) is 0 Å². The Morgan fingerprint density at radius 1 is 1.23 bits per heavy atom. The zero-order valence-corrected chi connectivity index (χ0v) is 21.8. The molecule has 0 heterocycles. The summed E-state index contributed by atoms with van der Waals surface area (Å²) in [6.45, 7) is 8.54. The fourth-order valence-corrected chi connectivity index (χ4v) is 7.21. The molecule has 1 amide bonds. The number of rotatable bonds is 7. The van der Waals surface area contributed by atoms with E-state index >= 15 is 0 Å². The van der Waals surface area contributed by atoms with Gasteiger partial charge in [0.05, 0.1) is 11.7 Å². The highest BCUT2D eigenvalue weighted by Crippen LogP contribution is 2.60. The first-order valence-corrected chi connectivity index (χ1v) is 13.4. The van der Waals surface area contributed by atoms with Gasteiger partial charge in [0.2, 0.25) is 0 Å². The molecule has 0 radical (unpaired) electrons. The minimum absolute atomic E-state index is 0.142. The SMILES string of the molecule is C[C@H](CCCC(C)(C)O)[C@H]1CC[C@H]2/C(=C/C=C3/C[C@@H](O)C[C@H](NC(=O)C(F)(F)F)C3)CCC[C@]12C. The smallest absolute Gasteiger partial charge is 0.393 e. The third kappa shape index (κ3) is 7.34. The van der Waals surface area contributed by atoms with Gasteiger partial charge >= 0.3 is 12.1 Å². The molecule has 0 aromatic heterocycles. The lowest BCUT2D eigenvalue weighted by molar-refractivity contribution is -0.174. The lowest BCUT2D eigenvalue weighted by atomic mass is 9.60. The number of fused-ring (bicyclic) bond motifs is 1. The summed E-state index contributed by atoms with van der Waals surface area (Å²) in [5, 5.41) is 22.3. The highest BCUT2D eigenvalue weighted by molar-refractivity contribution is 5.82. The monoisotopic (exact) mass is 499 g/mol. The second kappa shape index (κ2) is 11.0. The Morgan fingerprint density at radius 3 is 2.60 bits per heavy atom. The van der Waals surface area contributed by atoms with Crippen molar-refractivity contribution in [3.63, 3.8) is 0 Å². The van der Waals surface area contributed by atoms with E-state index in [0.717, 1.165) is 37.7 Å². The third-order valence-corrected chi connectivity index (χ3v) is 8.86. The van der Waals surface area contributed by atoms with E-state index in [2.05, 4.69) is 19.9 Å². The molecule has 3 N–H and O–H groups in total. The molecule has 35 heavy (non-hydrogen) atoms. The molecule has 3 saturated carbocycles. The molecule has 200 valence electrons. The largest absolute Gasteiger partial charge is 0.471 e. The van der Waals surface area contributed by atoms with Crippen molar-refractivity contribution in [1.82, 2.24) is 5.32 Å². The van der Waals surface area contributed by atoms with Crippen LogP contribution in [0.2, 0.25) is 0 Å². The summed E-state index contributed by atoms with van der Waals surface area (Å²) < 4.78 is 37.9. The number of carbonyl (C=O) groups is 1. The van der Waals surface area contributed by atoms with Gasteiger partial charge in [0.1, 0.15) is 0 Å². The quantitative estimate of drug-likeness (QED) is 0.389. The molecule has 0 saturated heterocycles. The molecule has 0 spiro atoms. The number of alkyl halides is 3. The predicted octanol–water partition coefficient (Wildman–Crippen LogP) is 6.22. The minimum atomic E-state index is -4.91. The molecule has 4 nitrogen and oxygen atoms in total. The van der Waals surface area contributed by atoms with Crippen LogP contribution in [0.3, 0.4) is 0 Å². The predicted molar refractivity (Wildman–Crippen MR) is 131 cm³/mol. The number of aliphatic hydroxyl groups is 2. The Bertz CT molecular complexity index is 813. The maximum atomic E-state index is 12.6. The topological polar surface area (TPSA) is 69.6 Å². The Hall–Kier alpha value is -1.34. The fraction of sp³-hybridized carbons (Fsp3) is 0.821. The fourth-order valence-electron chi connectivity index (χ4n) is 7.21. The second-order valence-corrected chi connectivity index (χ2v) is 12.3. The van der Waals surface area contributed by atoms with Crippen molar-refractivity contribution in [2.45, 2.75) is 122 Å². The Morgan fingerprint density at radius 2 is 1.94 bits per heavy atom. The minimum Gasteiger partial charge on any atom is -0.393 e. The van der Waals surface area contributed by atoms with Crippen molar-refractivity contribution >= 4 is 5.91 Å². The molecule has 0 unspecified atom stereocenters. The maximum Gasteiger partial charge on any atom is 0.471 e. The highest BCUT2D eigenvalue weighted by Gasteiger charge is 2.50. The van der Waals surface area contributed by atoms with E-state index < -0.39 is 29.8 Å². The summed E-state index contributed by atoms with van der Waals surface area (Å²) in [6.07, 6.45) is 8.18. The van der Waals surface area contributed by atoms with Gasteiger partial charge < -0.3 is 15.5 Å². The number of hydrogen-bond acceptors (Lipinski definition) is 3. The lowest BCUT2D eigenvalue weighted by Gasteiger charge is -2.44. The van der Waals surface area contributed by atoms with Crippen LogP contribution in [0.15, 0.2) is 23.3 Å². The van der Waals surface area contributed by atoms with Gasteiger partial charge in [-0.3, -0.25) is 4.79 Å². The number of amides is 1. The molecule has 3 aliphatic rings. The first-order chi connectivity index (χ1) is 16.2. The number of allylic oxidation sites excluding steroid dienone is 3. The first kappa shape index (κ1) is 28.2. The summed E-state index contributed by atoms with van der Waals surface area (Å²) in [5.74, 6) is -0.157. The standard InChI is InChI=1S/C28H44F3NO3/c1-18(7-5-13-26(2,3)35)23-11-12-24-20(8-6-14-27(23,24)4)10-9-19-15-21(17-22(33)16-19)32-25(34)28(29,30)31/h9-10,18,21-24,33,35H,5-8,11-17H2,1-4H3,(H,32,34)/b19-9+,20-10+/t18-,21-,22-,23-,24+,27-/m1/s1. The van der Waals surface area contributed by atoms with Crippen LogP contribution < -0.4 is 5.32 Å². The number of carbonyl (C=O) groups excluding carboxylic acids is 1. The Balaban J connectivity index is 1.66. The number of hydrogen-bond donors (Lipinski definition) is 3. The normalized spacial score (nSPS) is 35.2. The average Bonchev–Trinajstić information content (AvgIpc) is 3.07. The van der Waals surface area contributed by atoms with Gasteiger partial charge in [-0.2, -0.15) is 13.2 Å². The van der Waals surface area contributed by atoms with Crippen molar-refractivity contribution in [2.24, 2.45) is 23.2 Å². The number of nitrogens with one attached hydrogen (secondary N) is 1. The average molecular weight is 500 g/mol. The van der Waals surface area contributed by atoms with Crippen LogP contribution in [-0.4, -0.2) is 40.0 Å². The van der Waals surface area contributed by atoms with Crippen LogP contribution in [0, 0.1) is 23.2 Å². The molecule has 0 aromatic carbocycles. The van der Waals surface area contributed by atoms with E-state index in [0.29, 0.717) is 30.6 Å². The van der Waals surface area contributed by atoms with Crippen molar-refractivity contribution in [3.05, 3.63) is 23.3 Å². The summed E-state index contributed by atoms with van der Waals surface area (Å²) in [4.78, 5) is 11.4. The molecule has 3 rings (SSSR count). The maximum absolute atomic E-state index is 12.6. The molecule has 3 aliphatic carbocycles. The van der Waals surface area contributed by atoms with Crippen LogP contribution in [0.4, 0.5) is 13.2 Å². The summed E-state index contributed by atoms with van der Waals surface area (Å²) in [6, 6.07) is -0.699. The molecule has 0 aliphatic heterocycles. The first-order valence-electron chi connectivity index (χ1n) is 13.4. The van der Waals surface area contributed by atoms with E-state index in [1.54, 1.807) is 0 Å². The second-order valence-electron chi connectivity index (χ2n) is 12.3. The van der Waals surface area contributed by atoms with E-state index in [-0.39, 0.29) is 11.8 Å². The molecule has 6 atom stereocenters. The summed E-state index contributed by atoms with van der Waals surface area (Å²) >= 11 is 0. The van der Waals surface area contributed by atoms with Gasteiger partial charge in [0.25, 0.3) is 0 Å². The zero-order chi connectivity index (χ0) is 26.0. The number of aliphatic hydroxyl groups excluding tert-OH is 1. The summed E-state index contributed by atoms with van der Waals surface area (Å²) in [7, 11) is 0. The van der Waals surface area contributed by atoms with Gasteiger partial charge in [-0.25, -0.2) is 0 Å². The van der Waals surface area contributed by atoms with Gasteiger partial charge in [-0.15, -0.1) is 0 Å². The van der Waals surface area contributed by atoms with Crippen molar-refractivity contribution in [1.29, 1.82) is 0 Å². The van der Waals surface area contributed by atoms with E-state index in [1.807, 2.05) is 25.2 Å². The van der Waals surface area contributed by atoms with Crippen molar-refractivity contribution in [3.8, 4) is 0 Å². The van der Waals surface area contributed by atoms with Crippen LogP contribution in [0.1, 0.15) is 98.3 Å². The summed E-state index contributed by atoms with van der Waals surface area (Å²) in [5.41, 5.74) is 1.96. The van der Waals surface area contributed by atoms with Gasteiger partial charge in [-0.05, 0) is 94.8 Å². The van der Waals surface area contributed by atoms with E-state index in [1.165, 1.54) is 24.8 Å². The lowest BCUT2D eigenvalue weighted by Crippen LogP contribution is -2.46. The molecule has 7 heteroatoms. The van der Waals surface area contributed by atoms with Crippen LogP contribution in [0.25, 0.3) is 0 Å². The van der Waals surface area contributed by atoms with Crippen LogP contribution in [0.5, 0.6) is 0 Å². The zero-order valence-electron chi connectivity index (χ0n) is 21.8. The number of halogens is 3. The molecule has 0 aromatic rings. The van der Waals surface area contributed by atoms with Crippen LogP contribution >= 0.6 is 0 Å². The Labute approximate surface area is 208 Å². The van der Waals surface area contributed by atoms with Gasteiger partial charge in [0.15, 0.2) is 0 Å². The van der Waals surface area contributed by atoms with E-state index in [4.69, 9.17) is 0 Å². The molecular weight excluding hydrogens is 455 g/mol. The van der Waals surface area contributed by atoms with Gasteiger partial charge in [0, 0.05) is 6.04 Å². The van der Waals surface area contributed by atoms with Gasteiger partial charge in [-0.1, -0.05) is 50.0 Å². The van der Waals surface area contributed by atoms with Crippen LogP contribution in [-0.2, 0) is 4.79 Å². The molecular formula is C28H44F3NO3. The molecule has 0 bridgehead atoms.